The normalized spacial score (nSPS) is 20.2. The van der Waals surface area contributed by atoms with E-state index in [-0.39, 0.29) is 11.9 Å². The van der Waals surface area contributed by atoms with Gasteiger partial charge in [-0.05, 0) is 48.6 Å². The number of piperazine rings is 1. The van der Waals surface area contributed by atoms with Crippen LogP contribution in [0, 0.1) is 5.92 Å². The molecule has 0 spiro atoms. The van der Waals surface area contributed by atoms with Crippen LogP contribution in [0.5, 0.6) is 0 Å². The molecule has 2 aliphatic rings. The van der Waals surface area contributed by atoms with Crippen LogP contribution in [-0.4, -0.2) is 62.3 Å². The van der Waals surface area contributed by atoms with E-state index < -0.39 is 10.0 Å². The minimum absolute atomic E-state index is 0.0326. The third-order valence-corrected chi connectivity index (χ3v) is 7.67. The average Bonchev–Trinajstić information content (AvgIpc) is 3.53. The van der Waals surface area contributed by atoms with Crippen molar-refractivity contribution in [2.75, 3.05) is 32.7 Å². The lowest BCUT2D eigenvalue weighted by Crippen LogP contribution is -2.51. The fraction of sp³-hybridized carbons (Fsp3) is 0.476. The second-order valence-electron chi connectivity index (χ2n) is 7.88. The number of sulfonamides is 1. The Kier molecular flexibility index (Phi) is 5.40. The maximum atomic E-state index is 13.0. The third-order valence-electron chi connectivity index (χ3n) is 5.77. The summed E-state index contributed by atoms with van der Waals surface area (Å²) in [6, 6.07) is 13.3. The van der Waals surface area contributed by atoms with Gasteiger partial charge in [0.15, 0.2) is 0 Å². The van der Waals surface area contributed by atoms with Crippen molar-refractivity contribution in [3.05, 3.63) is 42.5 Å². The van der Waals surface area contributed by atoms with Crippen LogP contribution < -0.4 is 5.32 Å². The van der Waals surface area contributed by atoms with Crippen LogP contribution in [0.2, 0.25) is 0 Å². The Labute approximate surface area is 166 Å². The molecule has 28 heavy (non-hydrogen) atoms. The van der Waals surface area contributed by atoms with Crippen molar-refractivity contribution in [3.63, 3.8) is 0 Å². The van der Waals surface area contributed by atoms with Gasteiger partial charge in [-0.3, -0.25) is 9.69 Å². The fourth-order valence-corrected chi connectivity index (χ4v) is 5.28. The highest BCUT2D eigenvalue weighted by molar-refractivity contribution is 7.89. The van der Waals surface area contributed by atoms with E-state index in [4.69, 9.17) is 0 Å². The van der Waals surface area contributed by atoms with Gasteiger partial charge < -0.3 is 5.32 Å². The first-order valence-electron chi connectivity index (χ1n) is 9.94. The van der Waals surface area contributed by atoms with Gasteiger partial charge in [-0.2, -0.15) is 4.31 Å². The second kappa shape index (κ2) is 7.81. The lowest BCUT2D eigenvalue weighted by molar-refractivity contribution is -0.123. The van der Waals surface area contributed by atoms with Crippen LogP contribution in [0.1, 0.15) is 19.8 Å². The van der Waals surface area contributed by atoms with Crippen LogP contribution in [0.4, 0.5) is 0 Å². The highest BCUT2D eigenvalue weighted by Crippen LogP contribution is 2.32. The van der Waals surface area contributed by atoms with E-state index in [0.29, 0.717) is 43.5 Å². The van der Waals surface area contributed by atoms with Gasteiger partial charge in [0, 0.05) is 32.2 Å². The van der Waals surface area contributed by atoms with Gasteiger partial charge in [-0.25, -0.2) is 8.42 Å². The van der Waals surface area contributed by atoms with E-state index in [1.807, 2.05) is 35.2 Å². The smallest absolute Gasteiger partial charge is 0.243 e. The SMILES string of the molecule is C[C@@H](NC(=O)CN1CCN(S(=O)(=O)c2ccc3ccccc3c2)CC1)C1CC1. The first kappa shape index (κ1) is 19.4. The molecule has 1 heterocycles. The molecule has 6 nitrogen and oxygen atoms in total. The van der Waals surface area contributed by atoms with Crippen molar-refractivity contribution >= 4 is 26.7 Å². The van der Waals surface area contributed by atoms with E-state index >= 15 is 0 Å². The Bertz CT molecular complexity index is 964. The number of nitrogens with zero attached hydrogens (tertiary/aromatic N) is 2. The van der Waals surface area contributed by atoms with E-state index in [1.165, 1.54) is 17.1 Å². The molecular weight excluding hydrogens is 374 g/mol. The maximum absolute atomic E-state index is 13.0. The molecule has 4 rings (SSSR count). The standard InChI is InChI=1S/C21H27N3O3S/c1-16(17-6-7-17)22-21(25)15-23-10-12-24(13-11-23)28(26,27)20-9-8-18-4-2-3-5-19(18)14-20/h2-5,8-9,14,16-17H,6-7,10-13,15H2,1H3,(H,22,25)/t16-/m1/s1. The minimum atomic E-state index is -3.52. The number of benzene rings is 2. The van der Waals surface area contributed by atoms with Gasteiger partial charge in [0.05, 0.1) is 11.4 Å². The number of fused-ring (bicyclic) bond motifs is 1. The van der Waals surface area contributed by atoms with Crippen LogP contribution in [-0.2, 0) is 14.8 Å². The lowest BCUT2D eigenvalue weighted by atomic mass is 10.1. The molecule has 1 atom stereocenters. The Balaban J connectivity index is 1.36. The number of carbonyl (C=O) groups excluding carboxylic acids is 1. The Morgan fingerprint density at radius 1 is 1.07 bits per heavy atom. The lowest BCUT2D eigenvalue weighted by Gasteiger charge is -2.33. The maximum Gasteiger partial charge on any atom is 0.243 e. The molecule has 1 saturated carbocycles. The molecule has 0 bridgehead atoms. The number of carbonyl (C=O) groups is 1. The highest BCUT2D eigenvalue weighted by atomic mass is 32.2. The average molecular weight is 402 g/mol. The van der Waals surface area contributed by atoms with E-state index in [1.54, 1.807) is 12.1 Å². The predicted molar refractivity (Wildman–Crippen MR) is 109 cm³/mol. The molecule has 0 unspecified atom stereocenters. The first-order valence-corrected chi connectivity index (χ1v) is 11.4. The van der Waals surface area contributed by atoms with Crippen LogP contribution in [0.3, 0.4) is 0 Å². The Morgan fingerprint density at radius 3 is 2.43 bits per heavy atom. The zero-order valence-electron chi connectivity index (χ0n) is 16.2. The number of amides is 1. The molecule has 2 aromatic rings. The molecule has 150 valence electrons. The molecule has 1 aliphatic carbocycles. The summed E-state index contributed by atoms with van der Waals surface area (Å²) in [5, 5.41) is 5.01. The fourth-order valence-electron chi connectivity index (χ4n) is 3.82. The van der Waals surface area contributed by atoms with Gasteiger partial charge >= 0.3 is 0 Å². The molecule has 1 saturated heterocycles. The van der Waals surface area contributed by atoms with Gasteiger partial charge in [0.2, 0.25) is 15.9 Å². The van der Waals surface area contributed by atoms with Crippen molar-refractivity contribution < 1.29 is 13.2 Å². The molecule has 0 radical (unpaired) electrons. The molecule has 7 heteroatoms. The topological polar surface area (TPSA) is 69.7 Å². The van der Waals surface area contributed by atoms with E-state index in [9.17, 15) is 13.2 Å². The van der Waals surface area contributed by atoms with Gasteiger partial charge in [0.25, 0.3) is 0 Å². The highest BCUT2D eigenvalue weighted by Gasteiger charge is 2.31. The van der Waals surface area contributed by atoms with Crippen LogP contribution in [0.15, 0.2) is 47.4 Å². The number of nitrogens with one attached hydrogen (secondary N) is 1. The monoisotopic (exact) mass is 401 g/mol. The van der Waals surface area contributed by atoms with Gasteiger partial charge in [-0.15, -0.1) is 0 Å². The zero-order valence-corrected chi connectivity index (χ0v) is 17.0. The Morgan fingerprint density at radius 2 is 1.75 bits per heavy atom. The predicted octanol–water partition coefficient (Wildman–Crippen LogP) is 2.06. The number of hydrogen-bond acceptors (Lipinski definition) is 4. The number of hydrogen-bond donors (Lipinski definition) is 1. The summed E-state index contributed by atoms with van der Waals surface area (Å²) in [5.41, 5.74) is 0. The summed E-state index contributed by atoms with van der Waals surface area (Å²) >= 11 is 0. The molecule has 2 fully saturated rings. The summed E-state index contributed by atoms with van der Waals surface area (Å²) in [7, 11) is -3.52. The van der Waals surface area contributed by atoms with Crippen molar-refractivity contribution in [1.29, 1.82) is 0 Å². The molecule has 1 aliphatic heterocycles. The van der Waals surface area contributed by atoms with Crippen LogP contribution >= 0.6 is 0 Å². The first-order chi connectivity index (χ1) is 13.4. The largest absolute Gasteiger partial charge is 0.352 e. The number of rotatable bonds is 6. The van der Waals surface area contributed by atoms with Crippen molar-refractivity contribution in [1.82, 2.24) is 14.5 Å². The van der Waals surface area contributed by atoms with E-state index in [0.717, 1.165) is 10.8 Å². The van der Waals surface area contributed by atoms with Gasteiger partial charge in [0.1, 0.15) is 0 Å². The Hall–Kier alpha value is -1.96. The van der Waals surface area contributed by atoms with Crippen molar-refractivity contribution in [2.24, 2.45) is 5.92 Å². The van der Waals surface area contributed by atoms with Gasteiger partial charge in [-0.1, -0.05) is 30.3 Å². The molecule has 1 N–H and O–H groups in total. The summed E-state index contributed by atoms with van der Waals surface area (Å²) < 4.78 is 27.6. The molecule has 0 aromatic heterocycles. The van der Waals surface area contributed by atoms with Crippen molar-refractivity contribution in [2.45, 2.75) is 30.7 Å². The summed E-state index contributed by atoms with van der Waals surface area (Å²) in [6.45, 7) is 4.34. The summed E-state index contributed by atoms with van der Waals surface area (Å²) in [6.07, 6.45) is 2.40. The third kappa shape index (κ3) is 4.21. The molecular formula is C21H27N3O3S. The minimum Gasteiger partial charge on any atom is -0.352 e. The molecule has 2 aromatic carbocycles. The second-order valence-corrected chi connectivity index (χ2v) is 9.82. The van der Waals surface area contributed by atoms with Crippen LogP contribution in [0.25, 0.3) is 10.8 Å². The molecule has 1 amide bonds. The summed E-state index contributed by atoms with van der Waals surface area (Å²) in [4.78, 5) is 14.6. The summed E-state index contributed by atoms with van der Waals surface area (Å²) in [5.74, 6) is 0.665. The quantitative estimate of drug-likeness (QED) is 0.804. The van der Waals surface area contributed by atoms with E-state index in [2.05, 4.69) is 12.2 Å². The van der Waals surface area contributed by atoms with Crippen molar-refractivity contribution in [3.8, 4) is 0 Å². The zero-order chi connectivity index (χ0) is 19.7.